The Morgan fingerprint density at radius 2 is 2.14 bits per heavy atom. The monoisotopic (exact) mass is 306 g/mol. The van der Waals surface area contributed by atoms with E-state index < -0.39 is 0 Å². The number of amides is 1. The van der Waals surface area contributed by atoms with Crippen LogP contribution < -0.4 is 10.6 Å². The number of carbonyl (C=O) groups excluding carboxylic acids is 1. The Bertz CT molecular complexity index is 643. The second-order valence-corrected chi connectivity index (χ2v) is 6.16. The zero-order valence-corrected chi connectivity index (χ0v) is 12.1. The summed E-state index contributed by atoms with van der Waals surface area (Å²) in [6.07, 6.45) is 1.40. The lowest BCUT2D eigenvalue weighted by Crippen LogP contribution is -2.27. The molecule has 0 bridgehead atoms. The number of anilines is 1. The number of hydrogen-bond donors (Lipinski definition) is 1. The largest absolute Gasteiger partial charge is 0.369 e. The minimum Gasteiger partial charge on any atom is -0.369 e. The van der Waals surface area contributed by atoms with E-state index in [0.29, 0.717) is 13.0 Å². The summed E-state index contributed by atoms with van der Waals surface area (Å²) >= 11 is 1.50. The number of benzene rings is 1. The molecule has 1 aliphatic heterocycles. The molecule has 1 atom stereocenters. The maximum atomic E-state index is 12.9. The van der Waals surface area contributed by atoms with Gasteiger partial charge in [-0.2, -0.15) is 0 Å². The van der Waals surface area contributed by atoms with Gasteiger partial charge in [-0.05, 0) is 24.1 Å². The van der Waals surface area contributed by atoms with Crippen LogP contribution in [0.1, 0.15) is 17.0 Å². The maximum Gasteiger partial charge on any atom is 0.222 e. The highest BCUT2D eigenvalue weighted by molar-refractivity contribution is 7.15. The molecule has 1 aromatic carbocycles. The fraction of sp³-hybridized carbons (Fsp3) is 0.357. The third-order valence-corrected chi connectivity index (χ3v) is 4.57. The average molecular weight is 306 g/mol. The Kier molecular flexibility index (Phi) is 3.83. The van der Waals surface area contributed by atoms with Crippen LogP contribution in [0, 0.1) is 11.7 Å². The van der Waals surface area contributed by atoms with Crippen molar-refractivity contribution in [2.24, 2.45) is 11.7 Å². The number of aromatic nitrogens is 2. The number of nitrogens with two attached hydrogens (primary N) is 1. The van der Waals surface area contributed by atoms with Crippen LogP contribution in [0.5, 0.6) is 0 Å². The molecule has 2 aromatic rings. The van der Waals surface area contributed by atoms with Gasteiger partial charge in [0.25, 0.3) is 0 Å². The summed E-state index contributed by atoms with van der Waals surface area (Å²) in [6, 6.07) is 6.37. The molecule has 5 nitrogen and oxygen atoms in total. The van der Waals surface area contributed by atoms with Gasteiger partial charge in [0.2, 0.25) is 11.0 Å². The van der Waals surface area contributed by atoms with Gasteiger partial charge in [0.05, 0.1) is 5.92 Å². The molecule has 0 saturated carbocycles. The quantitative estimate of drug-likeness (QED) is 0.931. The van der Waals surface area contributed by atoms with Crippen LogP contribution in [-0.2, 0) is 11.2 Å². The van der Waals surface area contributed by atoms with E-state index in [4.69, 9.17) is 5.73 Å². The molecule has 2 heterocycles. The van der Waals surface area contributed by atoms with Crippen molar-refractivity contribution < 1.29 is 9.18 Å². The predicted molar refractivity (Wildman–Crippen MR) is 78.6 cm³/mol. The molecule has 0 radical (unpaired) electrons. The topological polar surface area (TPSA) is 72.1 Å². The van der Waals surface area contributed by atoms with Crippen LogP contribution in [0.4, 0.5) is 9.52 Å². The highest BCUT2D eigenvalue weighted by Gasteiger charge is 2.28. The SMILES string of the molecule is NC(=O)C1CCN(c2nnc(Cc3ccc(F)cc3)s2)C1. The Labute approximate surface area is 125 Å². The lowest BCUT2D eigenvalue weighted by molar-refractivity contribution is -0.121. The van der Waals surface area contributed by atoms with Gasteiger partial charge in [0.15, 0.2) is 0 Å². The maximum absolute atomic E-state index is 12.9. The molecule has 1 unspecified atom stereocenters. The summed E-state index contributed by atoms with van der Waals surface area (Å²) in [5, 5.41) is 10.0. The second-order valence-electron chi connectivity index (χ2n) is 5.12. The molecule has 21 heavy (non-hydrogen) atoms. The number of hydrogen-bond acceptors (Lipinski definition) is 5. The molecule has 0 aliphatic carbocycles. The first kappa shape index (κ1) is 13.9. The van der Waals surface area contributed by atoms with Gasteiger partial charge in [0, 0.05) is 19.5 Å². The van der Waals surface area contributed by atoms with Gasteiger partial charge < -0.3 is 10.6 Å². The Morgan fingerprint density at radius 3 is 2.81 bits per heavy atom. The summed E-state index contributed by atoms with van der Waals surface area (Å²) in [6.45, 7) is 1.39. The highest BCUT2D eigenvalue weighted by atomic mass is 32.1. The first-order chi connectivity index (χ1) is 10.1. The molecule has 7 heteroatoms. The van der Waals surface area contributed by atoms with Crippen molar-refractivity contribution in [3.63, 3.8) is 0 Å². The standard InChI is InChI=1S/C14H15FN4OS/c15-11-3-1-9(2-4-11)7-12-17-18-14(21-12)19-6-5-10(8-19)13(16)20/h1-4,10H,5-8H2,(H2,16,20). The van der Waals surface area contributed by atoms with Gasteiger partial charge in [0.1, 0.15) is 10.8 Å². The Hall–Kier alpha value is -2.02. The first-order valence-electron chi connectivity index (χ1n) is 6.73. The van der Waals surface area contributed by atoms with Crippen LogP contribution in [0.3, 0.4) is 0 Å². The molecule has 1 aliphatic rings. The highest BCUT2D eigenvalue weighted by Crippen LogP contribution is 2.27. The number of carbonyl (C=O) groups is 1. The molecule has 1 aromatic heterocycles. The predicted octanol–water partition coefficient (Wildman–Crippen LogP) is 1.58. The minimum absolute atomic E-state index is 0.102. The van der Waals surface area contributed by atoms with Crippen LogP contribution in [0.15, 0.2) is 24.3 Å². The molecule has 1 amide bonds. The fourth-order valence-corrected chi connectivity index (χ4v) is 3.29. The molecule has 2 N–H and O–H groups in total. The minimum atomic E-state index is -0.256. The van der Waals surface area contributed by atoms with E-state index in [1.165, 1.54) is 23.5 Å². The van der Waals surface area contributed by atoms with Crippen molar-refractivity contribution in [3.05, 3.63) is 40.7 Å². The molecular weight excluding hydrogens is 291 g/mol. The van der Waals surface area contributed by atoms with Gasteiger partial charge in [-0.15, -0.1) is 10.2 Å². The van der Waals surface area contributed by atoms with Gasteiger partial charge in [-0.3, -0.25) is 4.79 Å². The van der Waals surface area contributed by atoms with E-state index in [1.54, 1.807) is 12.1 Å². The third kappa shape index (κ3) is 3.18. The molecule has 110 valence electrons. The molecule has 1 fully saturated rings. The Balaban J connectivity index is 1.66. The van der Waals surface area contributed by atoms with E-state index in [9.17, 15) is 9.18 Å². The Morgan fingerprint density at radius 1 is 1.38 bits per heavy atom. The van der Waals surface area contributed by atoms with E-state index in [1.807, 2.05) is 4.90 Å². The summed E-state index contributed by atoms with van der Waals surface area (Å²) in [5.41, 5.74) is 6.32. The lowest BCUT2D eigenvalue weighted by Gasteiger charge is -2.12. The number of halogens is 1. The number of nitrogens with zero attached hydrogens (tertiary/aromatic N) is 3. The summed E-state index contributed by atoms with van der Waals surface area (Å²) < 4.78 is 12.9. The number of primary amides is 1. The van der Waals surface area contributed by atoms with Crippen molar-refractivity contribution in [1.82, 2.24) is 10.2 Å². The van der Waals surface area contributed by atoms with E-state index in [0.717, 1.165) is 28.7 Å². The second kappa shape index (κ2) is 5.77. The summed E-state index contributed by atoms with van der Waals surface area (Å²) in [5.74, 6) is -0.603. The molecule has 3 rings (SSSR count). The van der Waals surface area contributed by atoms with Crippen molar-refractivity contribution in [3.8, 4) is 0 Å². The van der Waals surface area contributed by atoms with E-state index in [-0.39, 0.29) is 17.6 Å². The fourth-order valence-electron chi connectivity index (χ4n) is 2.39. The third-order valence-electron chi connectivity index (χ3n) is 3.59. The van der Waals surface area contributed by atoms with Gasteiger partial charge in [-0.25, -0.2) is 4.39 Å². The molecular formula is C14H15FN4OS. The number of rotatable bonds is 4. The average Bonchev–Trinajstić information content (AvgIpc) is 3.10. The smallest absolute Gasteiger partial charge is 0.222 e. The first-order valence-corrected chi connectivity index (χ1v) is 7.54. The molecule has 0 spiro atoms. The van der Waals surface area contributed by atoms with Crippen LogP contribution in [-0.4, -0.2) is 29.2 Å². The zero-order valence-electron chi connectivity index (χ0n) is 11.3. The van der Waals surface area contributed by atoms with Crippen molar-refractivity contribution in [2.75, 3.05) is 18.0 Å². The van der Waals surface area contributed by atoms with Gasteiger partial charge >= 0.3 is 0 Å². The lowest BCUT2D eigenvalue weighted by atomic mass is 10.1. The van der Waals surface area contributed by atoms with Crippen molar-refractivity contribution >= 4 is 22.4 Å². The summed E-state index contributed by atoms with van der Waals surface area (Å²) in [4.78, 5) is 13.2. The normalized spacial score (nSPS) is 18.1. The van der Waals surface area contributed by atoms with Crippen LogP contribution >= 0.6 is 11.3 Å². The van der Waals surface area contributed by atoms with E-state index >= 15 is 0 Å². The van der Waals surface area contributed by atoms with E-state index in [2.05, 4.69) is 10.2 Å². The van der Waals surface area contributed by atoms with Crippen molar-refractivity contribution in [2.45, 2.75) is 12.8 Å². The van der Waals surface area contributed by atoms with Crippen LogP contribution in [0.2, 0.25) is 0 Å². The van der Waals surface area contributed by atoms with Gasteiger partial charge in [-0.1, -0.05) is 23.5 Å². The van der Waals surface area contributed by atoms with Crippen molar-refractivity contribution in [1.29, 1.82) is 0 Å². The summed E-state index contributed by atoms with van der Waals surface area (Å²) in [7, 11) is 0. The zero-order chi connectivity index (χ0) is 14.8. The molecule has 1 saturated heterocycles. The van der Waals surface area contributed by atoms with Crippen LogP contribution in [0.25, 0.3) is 0 Å².